The Morgan fingerprint density at radius 2 is 2.17 bits per heavy atom. The Balaban J connectivity index is 0.00000144. The molecule has 24 heavy (non-hydrogen) atoms. The van der Waals surface area contributed by atoms with Gasteiger partial charge < -0.3 is 15.6 Å². The maximum atomic E-state index is 12.1. The van der Waals surface area contributed by atoms with Gasteiger partial charge in [-0.25, -0.2) is 4.98 Å². The third-order valence-corrected chi connectivity index (χ3v) is 4.46. The van der Waals surface area contributed by atoms with E-state index < -0.39 is 0 Å². The third-order valence-electron chi connectivity index (χ3n) is 4.46. The predicted molar refractivity (Wildman–Crippen MR) is 102 cm³/mol. The van der Waals surface area contributed by atoms with Crippen LogP contribution in [-0.2, 0) is 11.2 Å². The number of para-hydroxylation sites is 1. The van der Waals surface area contributed by atoms with Crippen LogP contribution in [0.2, 0.25) is 0 Å². The number of imidazole rings is 1. The predicted octanol–water partition coefficient (Wildman–Crippen LogP) is 2.90. The molecule has 3 rings (SSSR count). The van der Waals surface area contributed by atoms with E-state index in [1.165, 1.54) is 0 Å². The van der Waals surface area contributed by atoms with Gasteiger partial charge in [0, 0.05) is 24.9 Å². The lowest BCUT2D eigenvalue weighted by atomic mass is 10.00. The van der Waals surface area contributed by atoms with Crippen molar-refractivity contribution in [3.63, 3.8) is 0 Å². The molecule has 1 aliphatic heterocycles. The first kappa shape index (κ1) is 20.7. The topological polar surface area (TPSA) is 69.8 Å². The molecule has 2 heterocycles. The number of rotatable bonds is 4. The molecule has 1 fully saturated rings. The molecule has 1 saturated heterocycles. The van der Waals surface area contributed by atoms with Crippen LogP contribution in [0.1, 0.15) is 37.6 Å². The zero-order chi connectivity index (χ0) is 15.5. The second-order valence-electron chi connectivity index (χ2n) is 6.21. The van der Waals surface area contributed by atoms with Crippen LogP contribution in [0.15, 0.2) is 18.2 Å². The summed E-state index contributed by atoms with van der Waals surface area (Å²) in [6.45, 7) is 5.23. The Hall–Kier alpha value is -1.30. The number of hydrogen-bond donors (Lipinski definition) is 3. The number of carbonyl (C=O) groups is 1. The number of carbonyl (C=O) groups excluding carboxylic acids is 1. The molecule has 1 amide bonds. The van der Waals surface area contributed by atoms with Crippen LogP contribution in [0.25, 0.3) is 11.0 Å². The fourth-order valence-corrected chi connectivity index (χ4v) is 3.10. The van der Waals surface area contributed by atoms with Crippen LogP contribution in [-0.4, -0.2) is 34.5 Å². The monoisotopic (exact) mass is 372 g/mol. The van der Waals surface area contributed by atoms with E-state index in [1.807, 2.05) is 12.1 Å². The zero-order valence-electron chi connectivity index (χ0n) is 14.1. The molecule has 1 aliphatic rings. The first-order valence-electron chi connectivity index (χ1n) is 8.10. The van der Waals surface area contributed by atoms with E-state index in [1.54, 1.807) is 0 Å². The number of amides is 1. The Kier molecular flexibility index (Phi) is 8.00. The summed E-state index contributed by atoms with van der Waals surface area (Å²) < 4.78 is 0. The largest absolute Gasteiger partial charge is 0.352 e. The lowest BCUT2D eigenvalue weighted by Crippen LogP contribution is -2.51. The van der Waals surface area contributed by atoms with Gasteiger partial charge in [-0.05, 0) is 44.9 Å². The number of aromatic nitrogens is 2. The maximum absolute atomic E-state index is 12.1. The Labute approximate surface area is 155 Å². The molecular formula is C17H26Cl2N4O. The molecule has 134 valence electrons. The molecule has 3 N–H and O–H groups in total. The van der Waals surface area contributed by atoms with Crippen molar-refractivity contribution in [3.8, 4) is 0 Å². The average molecular weight is 373 g/mol. The lowest BCUT2D eigenvalue weighted by molar-refractivity contribution is -0.122. The van der Waals surface area contributed by atoms with E-state index in [0.717, 1.165) is 41.8 Å². The molecule has 0 saturated carbocycles. The van der Waals surface area contributed by atoms with Crippen molar-refractivity contribution in [1.82, 2.24) is 20.6 Å². The molecule has 7 heteroatoms. The molecule has 5 nitrogen and oxygen atoms in total. The summed E-state index contributed by atoms with van der Waals surface area (Å²) in [6.07, 6.45) is 3.30. The van der Waals surface area contributed by atoms with Gasteiger partial charge in [0.05, 0.1) is 11.0 Å². The highest BCUT2D eigenvalue weighted by Crippen LogP contribution is 2.16. The zero-order valence-corrected chi connectivity index (χ0v) is 15.7. The summed E-state index contributed by atoms with van der Waals surface area (Å²) in [7, 11) is 0. The number of piperidine rings is 1. The number of aryl methyl sites for hydroxylation is 2. The highest BCUT2D eigenvalue weighted by Gasteiger charge is 2.22. The molecule has 0 spiro atoms. The highest BCUT2D eigenvalue weighted by atomic mass is 35.5. The third kappa shape index (κ3) is 4.85. The van der Waals surface area contributed by atoms with Crippen LogP contribution in [0.3, 0.4) is 0 Å². The summed E-state index contributed by atoms with van der Waals surface area (Å²) >= 11 is 0. The quantitative estimate of drug-likeness (QED) is 0.772. The smallest absolute Gasteiger partial charge is 0.220 e. The van der Waals surface area contributed by atoms with Crippen molar-refractivity contribution >= 4 is 41.8 Å². The van der Waals surface area contributed by atoms with Crippen molar-refractivity contribution in [2.75, 3.05) is 6.54 Å². The van der Waals surface area contributed by atoms with Crippen molar-refractivity contribution in [1.29, 1.82) is 0 Å². The summed E-state index contributed by atoms with van der Waals surface area (Å²) in [5, 5.41) is 6.54. The first-order chi connectivity index (χ1) is 10.6. The second kappa shape index (κ2) is 9.25. The summed E-state index contributed by atoms with van der Waals surface area (Å²) in [5.74, 6) is 0.993. The molecular weight excluding hydrogens is 347 g/mol. The molecule has 1 aromatic heterocycles. The van der Waals surface area contributed by atoms with Crippen LogP contribution in [0.4, 0.5) is 0 Å². The van der Waals surface area contributed by atoms with Gasteiger partial charge in [0.15, 0.2) is 0 Å². The van der Waals surface area contributed by atoms with E-state index in [9.17, 15) is 4.79 Å². The summed E-state index contributed by atoms with van der Waals surface area (Å²) in [6, 6.07) is 6.69. The molecule has 2 aromatic rings. The van der Waals surface area contributed by atoms with Crippen LogP contribution in [0.5, 0.6) is 0 Å². The van der Waals surface area contributed by atoms with Gasteiger partial charge in [-0.1, -0.05) is 12.1 Å². The number of fused-ring (bicyclic) bond motifs is 1. The number of aromatic amines is 1. The van der Waals surface area contributed by atoms with Crippen LogP contribution >= 0.6 is 24.8 Å². The normalized spacial score (nSPS) is 20.1. The standard InChI is InChI=1S/C17H24N4O.2ClH/c1-11-5-3-6-14-17(11)21-15(19-14)8-9-16(22)20-13-7-4-10-18-12(13)2;;/h3,5-6,12-13,18H,4,7-10H2,1-2H3,(H,19,21)(H,20,22);2*1H. The SMILES string of the molecule is Cc1cccc2[nH]c(CCC(=O)NC3CCCNC3C)nc12.Cl.Cl. The van der Waals surface area contributed by atoms with Gasteiger partial charge in [-0.15, -0.1) is 24.8 Å². The lowest BCUT2D eigenvalue weighted by Gasteiger charge is -2.30. The Bertz CT molecular complexity index is 674. The van der Waals surface area contributed by atoms with Crippen molar-refractivity contribution in [3.05, 3.63) is 29.6 Å². The van der Waals surface area contributed by atoms with E-state index in [2.05, 4.69) is 40.5 Å². The fourth-order valence-electron chi connectivity index (χ4n) is 3.10. The molecule has 0 bridgehead atoms. The van der Waals surface area contributed by atoms with Gasteiger partial charge in [-0.2, -0.15) is 0 Å². The maximum Gasteiger partial charge on any atom is 0.220 e. The van der Waals surface area contributed by atoms with Crippen molar-refractivity contribution in [2.45, 2.75) is 51.6 Å². The second-order valence-corrected chi connectivity index (χ2v) is 6.21. The molecule has 2 unspecified atom stereocenters. The number of H-pyrrole nitrogens is 1. The highest BCUT2D eigenvalue weighted by molar-refractivity contribution is 5.85. The van der Waals surface area contributed by atoms with E-state index in [0.29, 0.717) is 18.9 Å². The number of nitrogens with one attached hydrogen (secondary N) is 3. The van der Waals surface area contributed by atoms with Crippen molar-refractivity contribution < 1.29 is 4.79 Å². The minimum Gasteiger partial charge on any atom is -0.352 e. The Morgan fingerprint density at radius 1 is 1.38 bits per heavy atom. The summed E-state index contributed by atoms with van der Waals surface area (Å²) in [5.41, 5.74) is 3.20. The van der Waals surface area contributed by atoms with Gasteiger partial charge >= 0.3 is 0 Å². The number of hydrogen-bond acceptors (Lipinski definition) is 3. The first-order valence-corrected chi connectivity index (χ1v) is 8.10. The molecule has 2 atom stereocenters. The number of halogens is 2. The van der Waals surface area contributed by atoms with Gasteiger partial charge in [0.1, 0.15) is 5.82 Å². The van der Waals surface area contributed by atoms with Crippen LogP contribution in [0, 0.1) is 6.92 Å². The minimum atomic E-state index is 0. The van der Waals surface area contributed by atoms with Crippen molar-refractivity contribution in [2.24, 2.45) is 0 Å². The summed E-state index contributed by atoms with van der Waals surface area (Å²) in [4.78, 5) is 20.0. The number of benzene rings is 1. The number of nitrogens with zero attached hydrogens (tertiary/aromatic N) is 1. The van der Waals surface area contributed by atoms with Gasteiger partial charge in [0.25, 0.3) is 0 Å². The average Bonchev–Trinajstić information content (AvgIpc) is 2.92. The molecule has 1 aromatic carbocycles. The van der Waals surface area contributed by atoms with Crippen LogP contribution < -0.4 is 10.6 Å². The fraction of sp³-hybridized carbons (Fsp3) is 0.529. The van der Waals surface area contributed by atoms with E-state index in [4.69, 9.17) is 0 Å². The minimum absolute atomic E-state index is 0. The molecule has 0 aliphatic carbocycles. The Morgan fingerprint density at radius 3 is 2.88 bits per heavy atom. The van der Waals surface area contributed by atoms with E-state index >= 15 is 0 Å². The van der Waals surface area contributed by atoms with Gasteiger partial charge in [0.2, 0.25) is 5.91 Å². The van der Waals surface area contributed by atoms with Gasteiger partial charge in [-0.3, -0.25) is 4.79 Å². The van der Waals surface area contributed by atoms with E-state index in [-0.39, 0.29) is 36.8 Å². The molecule has 0 radical (unpaired) electrons.